The minimum Gasteiger partial charge on any atom is -0.330 e. The smallest absolute Gasteiger partial charge is 0.0950 e. The van der Waals surface area contributed by atoms with E-state index in [1.807, 2.05) is 0 Å². The van der Waals surface area contributed by atoms with Gasteiger partial charge in [0.2, 0.25) is 0 Å². The fourth-order valence-corrected chi connectivity index (χ4v) is 3.40. The predicted octanol–water partition coefficient (Wildman–Crippen LogP) is 2.46. The maximum absolute atomic E-state index is 2.63. The number of aryl methyl sites for hydroxylation is 1. The van der Waals surface area contributed by atoms with E-state index in [2.05, 4.69) is 48.7 Å². The normalized spacial score (nSPS) is 11.7. The van der Waals surface area contributed by atoms with Gasteiger partial charge in [0.25, 0.3) is 0 Å². The van der Waals surface area contributed by atoms with Gasteiger partial charge in [0.1, 0.15) is 0 Å². The SMILES string of the molecule is CCN(CC)[SiH2]CCCc1ccccc1. The van der Waals surface area contributed by atoms with E-state index in [4.69, 9.17) is 0 Å². The van der Waals surface area contributed by atoms with Crippen LogP contribution < -0.4 is 0 Å². The van der Waals surface area contributed by atoms with Crippen LogP contribution in [-0.4, -0.2) is 27.3 Å². The van der Waals surface area contributed by atoms with Crippen molar-refractivity contribution < 1.29 is 0 Å². The molecule has 0 saturated heterocycles. The maximum Gasteiger partial charge on any atom is 0.0950 e. The van der Waals surface area contributed by atoms with Gasteiger partial charge in [-0.1, -0.05) is 50.6 Å². The zero-order valence-electron chi connectivity index (χ0n) is 10.1. The Morgan fingerprint density at radius 2 is 1.73 bits per heavy atom. The van der Waals surface area contributed by atoms with E-state index in [-0.39, 0.29) is 9.68 Å². The Hall–Kier alpha value is -0.603. The van der Waals surface area contributed by atoms with E-state index in [0.717, 1.165) is 0 Å². The molecule has 0 bridgehead atoms. The molecule has 0 N–H and O–H groups in total. The fraction of sp³-hybridized carbons (Fsp3) is 0.538. The molecule has 0 aromatic heterocycles. The second-order valence-corrected chi connectivity index (χ2v) is 6.02. The first kappa shape index (κ1) is 12.5. The first-order valence-corrected chi connectivity index (χ1v) is 7.76. The van der Waals surface area contributed by atoms with Crippen LogP contribution >= 0.6 is 0 Å². The molecule has 0 saturated carbocycles. The fourth-order valence-electron chi connectivity index (χ4n) is 1.85. The molecule has 0 spiro atoms. The van der Waals surface area contributed by atoms with Crippen molar-refractivity contribution in [3.63, 3.8) is 0 Å². The number of rotatable bonds is 7. The summed E-state index contributed by atoms with van der Waals surface area (Å²) in [6.07, 6.45) is 2.63. The minimum atomic E-state index is 0.0427. The Kier molecular flexibility index (Phi) is 6.36. The molecule has 0 radical (unpaired) electrons. The molecule has 2 heteroatoms. The molecule has 0 aliphatic carbocycles. The molecule has 0 aliphatic rings. The first-order chi connectivity index (χ1) is 7.36. The van der Waals surface area contributed by atoms with Crippen LogP contribution in [0.15, 0.2) is 30.3 Å². The highest BCUT2D eigenvalue weighted by molar-refractivity contribution is 6.31. The molecule has 0 unspecified atom stereocenters. The van der Waals surface area contributed by atoms with Gasteiger partial charge in [0.05, 0.1) is 9.68 Å². The summed E-state index contributed by atoms with van der Waals surface area (Å²) < 4.78 is 2.63. The highest BCUT2D eigenvalue weighted by Gasteiger charge is 1.99. The van der Waals surface area contributed by atoms with Gasteiger partial charge in [-0.25, -0.2) is 0 Å². The van der Waals surface area contributed by atoms with Crippen molar-refractivity contribution in [1.29, 1.82) is 0 Å². The van der Waals surface area contributed by atoms with Crippen LogP contribution in [0.1, 0.15) is 25.8 Å². The van der Waals surface area contributed by atoms with Gasteiger partial charge in [0.15, 0.2) is 0 Å². The van der Waals surface area contributed by atoms with E-state index < -0.39 is 0 Å². The van der Waals surface area contributed by atoms with Gasteiger partial charge in [0, 0.05) is 0 Å². The van der Waals surface area contributed by atoms with Gasteiger partial charge in [-0.2, -0.15) is 0 Å². The van der Waals surface area contributed by atoms with Crippen molar-refractivity contribution >= 4 is 9.68 Å². The number of nitrogens with zero attached hydrogens (tertiary/aromatic N) is 1. The maximum atomic E-state index is 2.63. The monoisotopic (exact) mass is 221 g/mol. The molecule has 0 aliphatic heterocycles. The second-order valence-electron chi connectivity index (χ2n) is 3.97. The van der Waals surface area contributed by atoms with Crippen LogP contribution in [-0.2, 0) is 6.42 Å². The van der Waals surface area contributed by atoms with Crippen molar-refractivity contribution in [3.8, 4) is 0 Å². The minimum absolute atomic E-state index is 0.0427. The van der Waals surface area contributed by atoms with Gasteiger partial charge in [-0.05, 0) is 31.1 Å². The summed E-state index contributed by atoms with van der Waals surface area (Å²) >= 11 is 0. The molecule has 1 aromatic carbocycles. The van der Waals surface area contributed by atoms with Crippen LogP contribution in [0.4, 0.5) is 0 Å². The van der Waals surface area contributed by atoms with Crippen LogP contribution in [0.2, 0.25) is 6.04 Å². The van der Waals surface area contributed by atoms with E-state index in [1.54, 1.807) is 0 Å². The van der Waals surface area contributed by atoms with E-state index >= 15 is 0 Å². The first-order valence-electron chi connectivity index (χ1n) is 6.13. The third-order valence-corrected chi connectivity index (χ3v) is 5.27. The molecule has 1 rings (SSSR count). The Morgan fingerprint density at radius 3 is 2.33 bits per heavy atom. The lowest BCUT2D eigenvalue weighted by Crippen LogP contribution is -2.26. The van der Waals surface area contributed by atoms with Crippen molar-refractivity contribution in [2.24, 2.45) is 0 Å². The van der Waals surface area contributed by atoms with E-state index in [9.17, 15) is 0 Å². The van der Waals surface area contributed by atoms with Crippen LogP contribution in [0, 0.1) is 0 Å². The standard InChI is InChI=1S/C13H23NSi/c1-3-14(4-2)15-12-8-11-13-9-6-5-7-10-13/h5-7,9-10H,3-4,8,11-12,15H2,1-2H3. The van der Waals surface area contributed by atoms with Gasteiger partial charge in [-0.3, -0.25) is 0 Å². The molecule has 0 heterocycles. The lowest BCUT2D eigenvalue weighted by atomic mass is 10.1. The summed E-state index contributed by atoms with van der Waals surface area (Å²) in [5, 5.41) is 0. The Balaban J connectivity index is 2.12. The van der Waals surface area contributed by atoms with E-state index in [0.29, 0.717) is 0 Å². The van der Waals surface area contributed by atoms with Crippen molar-refractivity contribution in [3.05, 3.63) is 35.9 Å². The van der Waals surface area contributed by atoms with Crippen LogP contribution in [0.25, 0.3) is 0 Å². The largest absolute Gasteiger partial charge is 0.330 e. The van der Waals surface area contributed by atoms with Crippen LogP contribution in [0.3, 0.4) is 0 Å². The highest BCUT2D eigenvalue weighted by atomic mass is 28.2. The molecule has 0 fully saturated rings. The molecule has 1 nitrogen and oxygen atoms in total. The van der Waals surface area contributed by atoms with Crippen molar-refractivity contribution in [1.82, 2.24) is 4.57 Å². The molecular weight excluding hydrogens is 198 g/mol. The summed E-state index contributed by atoms with van der Waals surface area (Å²) in [6.45, 7) is 7.03. The molecule has 1 aromatic rings. The molecule has 15 heavy (non-hydrogen) atoms. The van der Waals surface area contributed by atoms with Crippen molar-refractivity contribution in [2.75, 3.05) is 13.1 Å². The topological polar surface area (TPSA) is 3.24 Å². The molecule has 0 atom stereocenters. The Morgan fingerprint density at radius 1 is 1.07 bits per heavy atom. The molecule has 0 amide bonds. The average molecular weight is 221 g/mol. The van der Waals surface area contributed by atoms with Gasteiger partial charge < -0.3 is 4.57 Å². The summed E-state index contributed by atoms with van der Waals surface area (Å²) in [7, 11) is 0.0427. The van der Waals surface area contributed by atoms with Gasteiger partial charge >= 0.3 is 0 Å². The number of hydrogen-bond donors (Lipinski definition) is 0. The third kappa shape index (κ3) is 5.14. The summed E-state index contributed by atoms with van der Waals surface area (Å²) in [4.78, 5) is 0. The Labute approximate surface area is 96.4 Å². The predicted molar refractivity (Wildman–Crippen MR) is 71.0 cm³/mol. The Bertz CT molecular complexity index is 244. The summed E-state index contributed by atoms with van der Waals surface area (Å²) in [5.74, 6) is 0. The summed E-state index contributed by atoms with van der Waals surface area (Å²) in [5.41, 5.74) is 1.49. The van der Waals surface area contributed by atoms with Crippen molar-refractivity contribution in [2.45, 2.75) is 32.7 Å². The van der Waals surface area contributed by atoms with Crippen LogP contribution in [0.5, 0.6) is 0 Å². The highest BCUT2D eigenvalue weighted by Crippen LogP contribution is 2.05. The summed E-state index contributed by atoms with van der Waals surface area (Å²) in [6, 6.07) is 12.3. The average Bonchev–Trinajstić information content (AvgIpc) is 2.31. The molecular formula is C13H23NSi. The lowest BCUT2D eigenvalue weighted by Gasteiger charge is -2.17. The molecule has 84 valence electrons. The second kappa shape index (κ2) is 7.66. The van der Waals surface area contributed by atoms with E-state index in [1.165, 1.54) is 37.5 Å². The number of hydrogen-bond acceptors (Lipinski definition) is 1. The zero-order valence-corrected chi connectivity index (χ0v) is 11.5. The zero-order chi connectivity index (χ0) is 10.9. The lowest BCUT2D eigenvalue weighted by molar-refractivity contribution is 0.490. The number of benzene rings is 1. The third-order valence-electron chi connectivity index (χ3n) is 2.93. The van der Waals surface area contributed by atoms with Gasteiger partial charge in [-0.15, -0.1) is 0 Å². The quantitative estimate of drug-likeness (QED) is 0.505.